The predicted octanol–water partition coefficient (Wildman–Crippen LogP) is 3.88. The third-order valence-corrected chi connectivity index (χ3v) is 12.2. The van der Waals surface area contributed by atoms with Crippen LogP contribution in [-0.4, -0.2) is 135 Å². The Morgan fingerprint density at radius 1 is 0.810 bits per heavy atom. The molecule has 0 bridgehead atoms. The molecule has 1 aromatic carbocycles. The largest absolute Gasteiger partial charge is 0.370 e. The summed E-state index contributed by atoms with van der Waals surface area (Å²) in [6, 6.07) is 10.7. The number of rotatable bonds is 9. The van der Waals surface area contributed by atoms with Gasteiger partial charge in [0.2, 0.25) is 11.9 Å². The monoisotopic (exact) mass is 788 g/mol. The van der Waals surface area contributed by atoms with Crippen LogP contribution in [-0.2, 0) is 4.79 Å². The molecule has 4 aliphatic heterocycles. The summed E-state index contributed by atoms with van der Waals surface area (Å²) >= 11 is 0. The number of piperazine rings is 1. The molecule has 5 aliphatic rings. The van der Waals surface area contributed by atoms with E-state index in [-0.39, 0.29) is 36.0 Å². The second kappa shape index (κ2) is 15.3. The zero-order valence-electron chi connectivity index (χ0n) is 32.9. The van der Waals surface area contributed by atoms with E-state index in [1.54, 1.807) is 37.3 Å². The van der Waals surface area contributed by atoms with E-state index in [0.29, 0.717) is 23.4 Å². The molecule has 0 unspecified atom stereocenters. The van der Waals surface area contributed by atoms with Gasteiger partial charge in [-0.1, -0.05) is 12.8 Å². The number of benzene rings is 1. The van der Waals surface area contributed by atoms with Crippen LogP contribution in [0.1, 0.15) is 82.2 Å². The summed E-state index contributed by atoms with van der Waals surface area (Å²) in [7, 11) is 3.55. The number of pyridine rings is 1. The number of amides is 6. The first-order valence-corrected chi connectivity index (χ1v) is 20.3. The highest BCUT2D eigenvalue weighted by Gasteiger charge is 2.43. The molecule has 302 valence electrons. The lowest BCUT2D eigenvalue weighted by molar-refractivity contribution is -0.122. The number of imide groups is 2. The topological polar surface area (TPSA) is 172 Å². The molecule has 17 nitrogen and oxygen atoms in total. The maximum Gasteiger partial charge on any atom is 0.343 e. The fourth-order valence-electron chi connectivity index (χ4n) is 9.06. The van der Waals surface area contributed by atoms with Crippen LogP contribution in [0.25, 0.3) is 11.0 Å². The lowest BCUT2D eigenvalue weighted by atomic mass is 9.95. The molecule has 0 radical (unpaired) electrons. The number of hydrogen-bond donors (Lipinski definition) is 2. The highest BCUT2D eigenvalue weighted by Crippen LogP contribution is 2.35. The smallest absolute Gasteiger partial charge is 0.343 e. The Labute approximate surface area is 335 Å². The van der Waals surface area contributed by atoms with Gasteiger partial charge in [-0.15, -0.1) is 0 Å². The average molecular weight is 789 g/mol. The Morgan fingerprint density at radius 3 is 2.24 bits per heavy atom. The number of nitrogens with one attached hydrogen (secondary N) is 2. The summed E-state index contributed by atoms with van der Waals surface area (Å²) in [6.45, 7) is 6.32. The van der Waals surface area contributed by atoms with Crippen molar-refractivity contribution in [3.8, 4) is 0 Å². The Bertz CT molecular complexity index is 2270. The van der Waals surface area contributed by atoms with Crippen LogP contribution in [0.5, 0.6) is 0 Å². The molecule has 3 aromatic heterocycles. The van der Waals surface area contributed by atoms with Gasteiger partial charge in [-0.25, -0.2) is 19.8 Å². The number of urea groups is 1. The van der Waals surface area contributed by atoms with Crippen molar-refractivity contribution in [1.82, 2.24) is 44.7 Å². The molecule has 1 aliphatic carbocycles. The van der Waals surface area contributed by atoms with Crippen molar-refractivity contribution in [2.75, 3.05) is 81.6 Å². The summed E-state index contributed by atoms with van der Waals surface area (Å²) in [5, 5.41) is 8.17. The van der Waals surface area contributed by atoms with E-state index in [1.165, 1.54) is 0 Å². The molecule has 6 amide bonds. The molecular formula is C41H48N12O5. The standard InChI is InChI=1S/C41H48N12O5/c1-47(2)39(57)33-21-27-23-43-40(46-36(27)52(33)28-5-3-4-6-28)44-34-10-8-30(24-42-34)49-14-11-26(12-15-49)25-48-17-19-50(20-18-48)29-7-9-31-32(22-29)38(56)53(37(31)55)51-16-13-35(54)45-41(51)58/h7-10,21-24,26,28H,3-6,11-20,25H2,1-2H3,(H,45,54,58)(H,42,43,44,46). The summed E-state index contributed by atoms with van der Waals surface area (Å²) in [6.07, 6.45) is 10.2. The predicted molar refractivity (Wildman–Crippen MR) is 216 cm³/mol. The van der Waals surface area contributed by atoms with Crippen LogP contribution >= 0.6 is 0 Å². The van der Waals surface area contributed by atoms with Crippen molar-refractivity contribution >= 4 is 63.8 Å². The van der Waals surface area contributed by atoms with E-state index in [1.807, 2.05) is 24.4 Å². The fraction of sp³-hybridized carbons (Fsp3) is 0.463. The van der Waals surface area contributed by atoms with Gasteiger partial charge in [-0.3, -0.25) is 29.4 Å². The van der Waals surface area contributed by atoms with Crippen molar-refractivity contribution in [3.05, 3.63) is 65.6 Å². The van der Waals surface area contributed by atoms with Crippen LogP contribution in [0, 0.1) is 5.92 Å². The quantitative estimate of drug-likeness (QED) is 0.235. The number of nitrogens with zero attached hydrogens (tertiary/aromatic N) is 10. The Morgan fingerprint density at radius 2 is 1.53 bits per heavy atom. The van der Waals surface area contributed by atoms with Crippen LogP contribution < -0.4 is 20.4 Å². The van der Waals surface area contributed by atoms with E-state index in [0.717, 1.165) is 117 Å². The number of hydrogen-bond acceptors (Lipinski definition) is 12. The fourth-order valence-corrected chi connectivity index (χ4v) is 9.06. The van der Waals surface area contributed by atoms with Gasteiger partial charge in [0.15, 0.2) is 0 Å². The summed E-state index contributed by atoms with van der Waals surface area (Å²) in [5.41, 5.74) is 3.91. The molecular weight excluding hydrogens is 741 g/mol. The van der Waals surface area contributed by atoms with E-state index < -0.39 is 23.8 Å². The first-order chi connectivity index (χ1) is 28.1. The second-order valence-electron chi connectivity index (χ2n) is 16.1. The van der Waals surface area contributed by atoms with Crippen molar-refractivity contribution in [1.29, 1.82) is 0 Å². The number of carbonyl (C=O) groups is 5. The van der Waals surface area contributed by atoms with Crippen LogP contribution in [0.3, 0.4) is 0 Å². The summed E-state index contributed by atoms with van der Waals surface area (Å²) in [5.74, 6) is 0.132. The SMILES string of the molecule is CN(C)C(=O)c1cc2cnc(Nc3ccc(N4CCC(CN5CCN(c6ccc7c(c6)C(=O)N(N6CCC(=O)NC6=O)C7=O)CC5)CC4)cn3)nc2n1C1CCCC1. The zero-order valence-corrected chi connectivity index (χ0v) is 32.9. The summed E-state index contributed by atoms with van der Waals surface area (Å²) in [4.78, 5) is 86.3. The molecule has 17 heteroatoms. The van der Waals surface area contributed by atoms with Gasteiger partial charge >= 0.3 is 6.03 Å². The van der Waals surface area contributed by atoms with Crippen LogP contribution in [0.4, 0.5) is 27.9 Å². The lowest BCUT2D eigenvalue weighted by Crippen LogP contribution is -2.58. The minimum absolute atomic E-state index is 0.0219. The minimum Gasteiger partial charge on any atom is -0.370 e. The maximum absolute atomic E-state index is 13.3. The van der Waals surface area contributed by atoms with Crippen molar-refractivity contribution in [3.63, 3.8) is 0 Å². The number of piperidine rings is 1. The molecule has 4 fully saturated rings. The molecule has 3 saturated heterocycles. The maximum atomic E-state index is 13.3. The average Bonchev–Trinajstić information content (AvgIpc) is 3.95. The van der Waals surface area contributed by atoms with E-state index in [4.69, 9.17) is 9.97 Å². The van der Waals surface area contributed by atoms with Crippen LogP contribution in [0.15, 0.2) is 48.8 Å². The van der Waals surface area contributed by atoms with Gasteiger partial charge in [0.1, 0.15) is 17.2 Å². The Balaban J connectivity index is 0.762. The third kappa shape index (κ3) is 7.07. The van der Waals surface area contributed by atoms with E-state index >= 15 is 0 Å². The first kappa shape index (κ1) is 37.5. The summed E-state index contributed by atoms with van der Waals surface area (Å²) < 4.78 is 2.11. The molecule has 0 atom stereocenters. The van der Waals surface area contributed by atoms with Gasteiger partial charge in [0.05, 0.1) is 29.6 Å². The Kier molecular flexibility index (Phi) is 9.91. The number of fused-ring (bicyclic) bond motifs is 2. The van der Waals surface area contributed by atoms with E-state index in [2.05, 4.69) is 41.0 Å². The van der Waals surface area contributed by atoms with E-state index in [9.17, 15) is 24.0 Å². The molecule has 1 saturated carbocycles. The van der Waals surface area contributed by atoms with Gasteiger partial charge in [0, 0.05) is 89.6 Å². The highest BCUT2D eigenvalue weighted by atomic mass is 16.2. The molecule has 4 aromatic rings. The molecule has 9 rings (SSSR count). The zero-order chi connectivity index (χ0) is 40.1. The Hall–Kier alpha value is -6.10. The number of carbonyl (C=O) groups excluding carboxylic acids is 5. The van der Waals surface area contributed by atoms with Crippen LogP contribution in [0.2, 0.25) is 0 Å². The molecule has 2 N–H and O–H groups in total. The van der Waals surface area contributed by atoms with Crippen molar-refractivity contribution < 1.29 is 24.0 Å². The number of aromatic nitrogens is 4. The number of hydrazine groups is 1. The second-order valence-corrected chi connectivity index (χ2v) is 16.1. The minimum atomic E-state index is -0.769. The molecule has 58 heavy (non-hydrogen) atoms. The van der Waals surface area contributed by atoms with Crippen molar-refractivity contribution in [2.24, 2.45) is 5.92 Å². The molecule has 0 spiro atoms. The van der Waals surface area contributed by atoms with Crippen molar-refractivity contribution in [2.45, 2.75) is 51.0 Å². The number of anilines is 4. The third-order valence-electron chi connectivity index (χ3n) is 12.2. The highest BCUT2D eigenvalue weighted by molar-refractivity contribution is 6.22. The van der Waals surface area contributed by atoms with Gasteiger partial charge in [-0.05, 0) is 68.0 Å². The normalized spacial score (nSPS) is 19.7. The first-order valence-electron chi connectivity index (χ1n) is 20.3. The van der Waals surface area contributed by atoms with Gasteiger partial charge < -0.3 is 24.6 Å². The van der Waals surface area contributed by atoms with Gasteiger partial charge in [0.25, 0.3) is 17.7 Å². The molecule has 7 heterocycles. The lowest BCUT2D eigenvalue weighted by Gasteiger charge is -2.40. The van der Waals surface area contributed by atoms with Gasteiger partial charge in [-0.2, -0.15) is 9.99 Å².